The molecule has 0 bridgehead atoms. The molecule has 0 spiro atoms. The van der Waals surface area contributed by atoms with E-state index in [0.717, 1.165) is 10.9 Å². The van der Waals surface area contributed by atoms with Crippen molar-refractivity contribution in [2.24, 2.45) is 0 Å². The highest BCUT2D eigenvalue weighted by Crippen LogP contribution is 2.14. The number of fused-ring (bicyclic) bond motifs is 1. The Morgan fingerprint density at radius 1 is 1.33 bits per heavy atom. The highest BCUT2D eigenvalue weighted by Gasteiger charge is 2.13. The van der Waals surface area contributed by atoms with Crippen LogP contribution in [0.1, 0.15) is 16.9 Å². The molecule has 1 aromatic heterocycles. The zero-order valence-corrected chi connectivity index (χ0v) is 9.99. The van der Waals surface area contributed by atoms with E-state index in [0.29, 0.717) is 12.2 Å². The lowest BCUT2D eigenvalue weighted by molar-refractivity contribution is -0.120. The van der Waals surface area contributed by atoms with Crippen LogP contribution in [0.2, 0.25) is 0 Å². The third-order valence-electron chi connectivity index (χ3n) is 2.60. The van der Waals surface area contributed by atoms with Gasteiger partial charge in [0, 0.05) is 25.4 Å². The van der Waals surface area contributed by atoms with E-state index in [9.17, 15) is 9.59 Å². The van der Waals surface area contributed by atoms with Gasteiger partial charge < -0.3 is 10.6 Å². The number of H-pyrrole nitrogens is 1. The number of hydrogen-bond acceptors (Lipinski definition) is 3. The predicted molar refractivity (Wildman–Crippen MR) is 67.1 cm³/mol. The van der Waals surface area contributed by atoms with E-state index in [-0.39, 0.29) is 18.2 Å². The van der Waals surface area contributed by atoms with Gasteiger partial charge in [-0.15, -0.1) is 0 Å². The molecule has 18 heavy (non-hydrogen) atoms. The van der Waals surface area contributed by atoms with Crippen LogP contribution in [0.25, 0.3) is 10.9 Å². The van der Waals surface area contributed by atoms with Gasteiger partial charge in [-0.2, -0.15) is 5.10 Å². The fraction of sp³-hybridized carbons (Fsp3) is 0.250. The van der Waals surface area contributed by atoms with Gasteiger partial charge in [0.1, 0.15) is 0 Å². The number of carbonyl (C=O) groups excluding carboxylic acids is 2. The highest BCUT2D eigenvalue weighted by molar-refractivity contribution is 6.04. The summed E-state index contributed by atoms with van der Waals surface area (Å²) in [4.78, 5) is 22.9. The number of carbonyl (C=O) groups is 2. The quantitative estimate of drug-likeness (QED) is 0.731. The molecule has 0 aliphatic carbocycles. The number of para-hydroxylation sites is 1. The second-order valence-corrected chi connectivity index (χ2v) is 3.80. The van der Waals surface area contributed by atoms with E-state index in [1.807, 2.05) is 24.3 Å². The van der Waals surface area contributed by atoms with Crippen molar-refractivity contribution in [3.63, 3.8) is 0 Å². The van der Waals surface area contributed by atoms with E-state index < -0.39 is 0 Å². The van der Waals surface area contributed by atoms with Crippen LogP contribution in [0.4, 0.5) is 0 Å². The molecular weight excluding hydrogens is 232 g/mol. The first-order chi connectivity index (χ1) is 8.72. The number of aromatic amines is 1. The molecule has 0 atom stereocenters. The fourth-order valence-electron chi connectivity index (χ4n) is 1.63. The molecule has 2 aromatic rings. The van der Waals surface area contributed by atoms with Crippen LogP contribution in [0.15, 0.2) is 24.3 Å². The number of benzene rings is 1. The zero-order valence-electron chi connectivity index (χ0n) is 9.99. The summed E-state index contributed by atoms with van der Waals surface area (Å²) in [5, 5.41) is 12.7. The molecule has 0 saturated carbocycles. The highest BCUT2D eigenvalue weighted by atomic mass is 16.2. The normalized spacial score (nSPS) is 10.3. The van der Waals surface area contributed by atoms with E-state index in [4.69, 9.17) is 0 Å². The van der Waals surface area contributed by atoms with Crippen molar-refractivity contribution < 1.29 is 9.59 Å². The van der Waals surface area contributed by atoms with Gasteiger partial charge in [-0.05, 0) is 6.07 Å². The maximum atomic E-state index is 11.9. The lowest BCUT2D eigenvalue weighted by Crippen LogP contribution is -2.29. The molecule has 0 aliphatic rings. The zero-order chi connectivity index (χ0) is 13.0. The van der Waals surface area contributed by atoms with Crippen LogP contribution in [-0.4, -0.2) is 35.6 Å². The second-order valence-electron chi connectivity index (χ2n) is 3.80. The van der Waals surface area contributed by atoms with Crippen LogP contribution in [0, 0.1) is 0 Å². The molecule has 1 heterocycles. The van der Waals surface area contributed by atoms with Gasteiger partial charge in [0.25, 0.3) is 5.91 Å². The minimum Gasteiger partial charge on any atom is -0.359 e. The van der Waals surface area contributed by atoms with Gasteiger partial charge in [-0.25, -0.2) is 0 Å². The van der Waals surface area contributed by atoms with Crippen LogP contribution >= 0.6 is 0 Å². The molecule has 0 radical (unpaired) electrons. The molecular formula is C12H14N4O2. The Labute approximate surface area is 104 Å². The van der Waals surface area contributed by atoms with Crippen LogP contribution in [0.3, 0.4) is 0 Å². The number of hydrogen-bond donors (Lipinski definition) is 3. The first kappa shape index (κ1) is 12.1. The Bertz CT molecular complexity index is 576. The van der Waals surface area contributed by atoms with Crippen molar-refractivity contribution in [3.05, 3.63) is 30.0 Å². The van der Waals surface area contributed by atoms with E-state index >= 15 is 0 Å². The molecule has 0 fully saturated rings. The average molecular weight is 246 g/mol. The number of aromatic nitrogens is 2. The first-order valence-corrected chi connectivity index (χ1v) is 5.64. The predicted octanol–water partition coefficient (Wildman–Crippen LogP) is 0.429. The smallest absolute Gasteiger partial charge is 0.272 e. The van der Waals surface area contributed by atoms with Crippen LogP contribution in [-0.2, 0) is 4.79 Å². The number of rotatable bonds is 4. The third kappa shape index (κ3) is 2.48. The van der Waals surface area contributed by atoms with Gasteiger partial charge in [0.15, 0.2) is 5.69 Å². The van der Waals surface area contributed by atoms with Crippen molar-refractivity contribution in [1.82, 2.24) is 20.8 Å². The minimum atomic E-state index is -0.281. The molecule has 6 heteroatoms. The average Bonchev–Trinajstić information content (AvgIpc) is 2.82. The summed E-state index contributed by atoms with van der Waals surface area (Å²) in [6.45, 7) is 0.291. The summed E-state index contributed by atoms with van der Waals surface area (Å²) >= 11 is 0. The molecule has 2 rings (SSSR count). The molecule has 1 aromatic carbocycles. The lowest BCUT2D eigenvalue weighted by atomic mass is 10.2. The molecule has 0 aliphatic heterocycles. The lowest BCUT2D eigenvalue weighted by Gasteiger charge is -2.02. The van der Waals surface area contributed by atoms with E-state index in [1.165, 1.54) is 0 Å². The molecule has 2 amide bonds. The van der Waals surface area contributed by atoms with Crippen molar-refractivity contribution in [3.8, 4) is 0 Å². The minimum absolute atomic E-state index is 0.109. The molecule has 94 valence electrons. The van der Waals surface area contributed by atoms with Crippen molar-refractivity contribution >= 4 is 22.7 Å². The number of nitrogens with zero attached hydrogens (tertiary/aromatic N) is 1. The Morgan fingerprint density at radius 2 is 2.11 bits per heavy atom. The third-order valence-corrected chi connectivity index (χ3v) is 2.60. The Kier molecular flexibility index (Phi) is 3.57. The summed E-state index contributed by atoms with van der Waals surface area (Å²) in [7, 11) is 1.56. The standard InChI is InChI=1S/C12H14N4O2/c1-13-10(17)6-7-14-12(18)11-8-4-2-3-5-9(8)15-16-11/h2-5H,6-7H2,1H3,(H,13,17)(H,14,18)(H,15,16). The van der Waals surface area contributed by atoms with Gasteiger partial charge in [0.2, 0.25) is 5.91 Å². The van der Waals surface area contributed by atoms with Gasteiger partial charge in [0.05, 0.1) is 5.52 Å². The van der Waals surface area contributed by atoms with Gasteiger partial charge in [-0.3, -0.25) is 14.7 Å². The second kappa shape index (κ2) is 5.31. The topological polar surface area (TPSA) is 86.9 Å². The Morgan fingerprint density at radius 3 is 2.89 bits per heavy atom. The van der Waals surface area contributed by atoms with Gasteiger partial charge >= 0.3 is 0 Å². The van der Waals surface area contributed by atoms with Crippen molar-refractivity contribution in [1.29, 1.82) is 0 Å². The van der Waals surface area contributed by atoms with Crippen molar-refractivity contribution in [2.75, 3.05) is 13.6 Å². The van der Waals surface area contributed by atoms with Gasteiger partial charge in [-0.1, -0.05) is 18.2 Å². The number of amides is 2. The monoisotopic (exact) mass is 246 g/mol. The molecule has 3 N–H and O–H groups in total. The summed E-state index contributed by atoms with van der Waals surface area (Å²) in [5.74, 6) is -0.390. The Hall–Kier alpha value is -2.37. The summed E-state index contributed by atoms with van der Waals surface area (Å²) in [6.07, 6.45) is 0.255. The number of nitrogens with one attached hydrogen (secondary N) is 3. The molecule has 6 nitrogen and oxygen atoms in total. The summed E-state index contributed by atoms with van der Waals surface area (Å²) in [5.41, 5.74) is 1.16. The summed E-state index contributed by atoms with van der Waals surface area (Å²) < 4.78 is 0. The maximum absolute atomic E-state index is 11.9. The summed E-state index contributed by atoms with van der Waals surface area (Å²) in [6, 6.07) is 7.39. The first-order valence-electron chi connectivity index (χ1n) is 5.64. The molecule has 0 saturated heterocycles. The molecule has 0 unspecified atom stereocenters. The van der Waals surface area contributed by atoms with Crippen LogP contribution < -0.4 is 10.6 Å². The van der Waals surface area contributed by atoms with Crippen LogP contribution in [0.5, 0.6) is 0 Å². The Balaban J connectivity index is 2.03. The van der Waals surface area contributed by atoms with E-state index in [2.05, 4.69) is 20.8 Å². The maximum Gasteiger partial charge on any atom is 0.272 e. The van der Waals surface area contributed by atoms with E-state index in [1.54, 1.807) is 7.05 Å². The van der Waals surface area contributed by atoms with Crippen molar-refractivity contribution in [2.45, 2.75) is 6.42 Å². The fourth-order valence-corrected chi connectivity index (χ4v) is 1.63. The SMILES string of the molecule is CNC(=O)CCNC(=O)c1n[nH]c2ccccc12. The largest absolute Gasteiger partial charge is 0.359 e.